The fraction of sp³-hybridized carbons (Fsp3) is 0.538. The van der Waals surface area contributed by atoms with E-state index in [-0.39, 0.29) is 29.6 Å². The van der Waals surface area contributed by atoms with Crippen molar-refractivity contribution in [3.63, 3.8) is 0 Å². The number of carbonyl (C=O) groups is 1. The van der Waals surface area contributed by atoms with Gasteiger partial charge >= 0.3 is 6.18 Å². The summed E-state index contributed by atoms with van der Waals surface area (Å²) in [5.41, 5.74) is 0.212. The number of alkyl halides is 3. The van der Waals surface area contributed by atoms with E-state index in [1.165, 1.54) is 12.3 Å². The Kier molecular flexibility index (Phi) is 5.14. The van der Waals surface area contributed by atoms with Crippen LogP contribution in [-0.2, 0) is 0 Å². The van der Waals surface area contributed by atoms with Gasteiger partial charge in [-0.2, -0.15) is 13.2 Å². The third kappa shape index (κ3) is 4.32. The number of nitrogens with one attached hydrogen (secondary N) is 1. The molecule has 1 aliphatic carbocycles. The van der Waals surface area contributed by atoms with Crippen LogP contribution in [0, 0.1) is 5.92 Å². The summed E-state index contributed by atoms with van der Waals surface area (Å²) in [7, 11) is 0. The lowest BCUT2D eigenvalue weighted by molar-refractivity contribution is -0.182. The summed E-state index contributed by atoms with van der Waals surface area (Å²) in [6.45, 7) is 0. The molecule has 1 aliphatic rings. The zero-order valence-corrected chi connectivity index (χ0v) is 13.2. The van der Waals surface area contributed by atoms with Crippen molar-refractivity contribution in [3.8, 4) is 0 Å². The van der Waals surface area contributed by atoms with Crippen molar-refractivity contribution in [1.29, 1.82) is 0 Å². The fourth-order valence-electron chi connectivity index (χ4n) is 2.41. The zero-order chi connectivity index (χ0) is 15.6. The van der Waals surface area contributed by atoms with E-state index in [1.807, 2.05) is 0 Å². The molecule has 2 rings (SSSR count). The van der Waals surface area contributed by atoms with Crippen molar-refractivity contribution in [1.82, 2.24) is 10.3 Å². The number of hydrogen-bond acceptors (Lipinski definition) is 2. The van der Waals surface area contributed by atoms with E-state index >= 15 is 0 Å². The van der Waals surface area contributed by atoms with E-state index in [0.29, 0.717) is 17.3 Å². The van der Waals surface area contributed by atoms with Gasteiger partial charge in [-0.1, -0.05) is 11.6 Å². The van der Waals surface area contributed by atoms with Gasteiger partial charge in [0.25, 0.3) is 5.91 Å². The summed E-state index contributed by atoms with van der Waals surface area (Å²) in [6.07, 6.45) is -1.97. The Morgan fingerprint density at radius 3 is 2.52 bits per heavy atom. The minimum absolute atomic E-state index is 0.0406. The Labute approximate surface area is 133 Å². The van der Waals surface area contributed by atoms with Gasteiger partial charge in [-0.05, 0) is 47.7 Å². The first kappa shape index (κ1) is 16.5. The molecular formula is C13H13BrClF3N2O. The number of carbonyl (C=O) groups excluding carboxylic acids is 1. The Morgan fingerprint density at radius 2 is 1.95 bits per heavy atom. The molecule has 0 unspecified atom stereocenters. The van der Waals surface area contributed by atoms with Crippen LogP contribution in [0.25, 0.3) is 0 Å². The van der Waals surface area contributed by atoms with E-state index in [1.54, 1.807) is 0 Å². The molecule has 0 bridgehead atoms. The highest BCUT2D eigenvalue weighted by Crippen LogP contribution is 2.37. The van der Waals surface area contributed by atoms with E-state index in [4.69, 9.17) is 11.6 Å². The summed E-state index contributed by atoms with van der Waals surface area (Å²) in [5.74, 6) is -1.67. The molecule has 0 spiro atoms. The molecule has 1 N–H and O–H groups in total. The Bertz CT molecular complexity index is 531. The summed E-state index contributed by atoms with van der Waals surface area (Å²) in [4.78, 5) is 15.9. The lowest BCUT2D eigenvalue weighted by Crippen LogP contribution is -2.40. The zero-order valence-electron chi connectivity index (χ0n) is 10.9. The second-order valence-corrected chi connectivity index (χ2v) is 6.33. The van der Waals surface area contributed by atoms with Gasteiger partial charge in [-0.25, -0.2) is 4.98 Å². The Hall–Kier alpha value is -0.820. The van der Waals surface area contributed by atoms with E-state index in [9.17, 15) is 18.0 Å². The molecule has 1 amide bonds. The minimum atomic E-state index is -4.15. The number of halogens is 5. The van der Waals surface area contributed by atoms with Crippen LogP contribution >= 0.6 is 27.5 Å². The maximum atomic E-state index is 12.6. The molecule has 0 aromatic carbocycles. The van der Waals surface area contributed by atoms with Gasteiger partial charge in [0, 0.05) is 16.7 Å². The summed E-state index contributed by atoms with van der Waals surface area (Å²) in [6, 6.07) is 1.28. The molecule has 0 aliphatic heterocycles. The molecule has 1 fully saturated rings. The van der Waals surface area contributed by atoms with Gasteiger partial charge in [-0.3, -0.25) is 4.79 Å². The first-order valence-corrected chi connectivity index (χ1v) is 7.63. The maximum absolute atomic E-state index is 12.6. The second-order valence-electron chi connectivity index (χ2n) is 5.06. The van der Waals surface area contributed by atoms with Gasteiger partial charge in [-0.15, -0.1) is 0 Å². The molecule has 3 nitrogen and oxygen atoms in total. The predicted molar refractivity (Wildman–Crippen MR) is 76.2 cm³/mol. The summed E-state index contributed by atoms with van der Waals surface area (Å²) < 4.78 is 38.3. The van der Waals surface area contributed by atoms with Gasteiger partial charge in [0.1, 0.15) is 5.15 Å². The molecule has 8 heteroatoms. The van der Waals surface area contributed by atoms with Crippen molar-refractivity contribution in [3.05, 3.63) is 27.5 Å². The van der Waals surface area contributed by atoms with Gasteiger partial charge in [0.2, 0.25) is 0 Å². The summed E-state index contributed by atoms with van der Waals surface area (Å²) >= 11 is 9.04. The number of amides is 1. The van der Waals surface area contributed by atoms with Crippen LogP contribution in [0.3, 0.4) is 0 Å². The van der Waals surface area contributed by atoms with Gasteiger partial charge < -0.3 is 5.32 Å². The topological polar surface area (TPSA) is 42.0 Å². The van der Waals surface area contributed by atoms with E-state index < -0.39 is 18.0 Å². The number of nitrogens with zero attached hydrogens (tertiary/aromatic N) is 1. The first-order chi connectivity index (χ1) is 9.77. The van der Waals surface area contributed by atoms with E-state index in [2.05, 4.69) is 26.2 Å². The molecule has 116 valence electrons. The SMILES string of the molecule is O=C(NC1CCC(C(F)(F)F)CC1)c1cc(Br)cnc1Cl. The molecule has 1 aromatic rings. The van der Waals surface area contributed by atoms with Crippen LogP contribution in [-0.4, -0.2) is 23.1 Å². The Morgan fingerprint density at radius 1 is 1.33 bits per heavy atom. The lowest BCUT2D eigenvalue weighted by atomic mass is 9.85. The molecule has 21 heavy (non-hydrogen) atoms. The van der Waals surface area contributed by atoms with Crippen molar-refractivity contribution >= 4 is 33.4 Å². The molecule has 1 heterocycles. The highest BCUT2D eigenvalue weighted by Gasteiger charge is 2.41. The number of rotatable bonds is 2. The molecule has 0 saturated heterocycles. The molecule has 1 saturated carbocycles. The van der Waals surface area contributed by atoms with Crippen molar-refractivity contribution in [2.75, 3.05) is 0 Å². The van der Waals surface area contributed by atoms with Crippen molar-refractivity contribution in [2.45, 2.75) is 37.9 Å². The third-order valence-corrected chi connectivity index (χ3v) is 4.31. The minimum Gasteiger partial charge on any atom is -0.349 e. The lowest BCUT2D eigenvalue weighted by Gasteiger charge is -2.30. The third-order valence-electron chi connectivity index (χ3n) is 3.58. The second kappa shape index (κ2) is 6.52. The normalized spacial score (nSPS) is 22.9. The molecule has 1 aromatic heterocycles. The highest BCUT2D eigenvalue weighted by atomic mass is 79.9. The quantitative estimate of drug-likeness (QED) is 0.769. The largest absolute Gasteiger partial charge is 0.391 e. The molecule has 0 atom stereocenters. The van der Waals surface area contributed by atoms with Gasteiger partial charge in [0.15, 0.2) is 0 Å². The average Bonchev–Trinajstić information content (AvgIpc) is 2.41. The van der Waals surface area contributed by atoms with Crippen LogP contribution in [0.15, 0.2) is 16.7 Å². The number of hydrogen-bond donors (Lipinski definition) is 1. The van der Waals surface area contributed by atoms with Crippen LogP contribution in [0.1, 0.15) is 36.0 Å². The monoisotopic (exact) mass is 384 g/mol. The number of aromatic nitrogens is 1. The highest BCUT2D eigenvalue weighted by molar-refractivity contribution is 9.10. The molecular weight excluding hydrogens is 373 g/mol. The van der Waals surface area contributed by atoms with Gasteiger partial charge in [0.05, 0.1) is 11.5 Å². The molecule has 0 radical (unpaired) electrons. The van der Waals surface area contributed by atoms with Crippen LogP contribution in [0.5, 0.6) is 0 Å². The smallest absolute Gasteiger partial charge is 0.349 e. The fourth-order valence-corrected chi connectivity index (χ4v) is 2.93. The first-order valence-electron chi connectivity index (χ1n) is 6.46. The van der Waals surface area contributed by atoms with Crippen molar-refractivity contribution in [2.24, 2.45) is 5.92 Å². The maximum Gasteiger partial charge on any atom is 0.391 e. The van der Waals surface area contributed by atoms with Crippen LogP contribution < -0.4 is 5.32 Å². The summed E-state index contributed by atoms with van der Waals surface area (Å²) in [5, 5.41) is 2.79. The standard InChI is InChI=1S/C13H13BrClF3N2O/c14-8-5-10(11(15)19-6-8)12(21)20-9-3-1-7(2-4-9)13(16,17)18/h5-7,9H,1-4H2,(H,20,21). The number of pyridine rings is 1. The van der Waals surface area contributed by atoms with E-state index in [0.717, 1.165) is 0 Å². The predicted octanol–water partition coefficient (Wildman–Crippen LogP) is 4.35. The average molecular weight is 386 g/mol. The van der Waals surface area contributed by atoms with Crippen molar-refractivity contribution < 1.29 is 18.0 Å². The Balaban J connectivity index is 1.94. The van der Waals surface area contributed by atoms with Crippen LogP contribution in [0.4, 0.5) is 13.2 Å². The van der Waals surface area contributed by atoms with Crippen LogP contribution in [0.2, 0.25) is 5.15 Å².